The van der Waals surface area contributed by atoms with Crippen LogP contribution in [0.2, 0.25) is 0 Å². The molecule has 2 fully saturated rings. The maximum absolute atomic E-state index is 14.6. The summed E-state index contributed by atoms with van der Waals surface area (Å²) in [4.78, 5) is 26.0. The van der Waals surface area contributed by atoms with Gasteiger partial charge in [0.15, 0.2) is 11.5 Å². The Morgan fingerprint density at radius 2 is 2.03 bits per heavy atom. The van der Waals surface area contributed by atoms with Crippen molar-refractivity contribution in [1.29, 1.82) is 5.26 Å². The van der Waals surface area contributed by atoms with Gasteiger partial charge < -0.3 is 10.6 Å². The fraction of sp³-hybridized carbons (Fsp3) is 0.250. The van der Waals surface area contributed by atoms with Crippen LogP contribution in [-0.2, 0) is 11.3 Å². The van der Waals surface area contributed by atoms with Gasteiger partial charge in [-0.25, -0.2) is 13.2 Å². The summed E-state index contributed by atoms with van der Waals surface area (Å²) in [5, 5.41) is 18.2. The number of rotatable bonds is 4. The number of carbonyl (C=O) groups is 2. The van der Waals surface area contributed by atoms with E-state index in [1.165, 1.54) is 10.7 Å². The molecule has 2 aliphatic carbocycles. The number of hydrogen-bond donors (Lipinski definition) is 2. The second-order valence-corrected chi connectivity index (χ2v) is 9.14. The van der Waals surface area contributed by atoms with E-state index in [1.807, 2.05) is 6.07 Å². The van der Waals surface area contributed by atoms with Gasteiger partial charge in [-0.05, 0) is 29.3 Å². The molecule has 2 saturated carbocycles. The lowest BCUT2D eigenvalue weighted by Gasteiger charge is -2.26. The molecular weight excluding hydrogens is 447 g/mol. The zero-order valence-electron chi connectivity index (χ0n) is 17.7. The summed E-state index contributed by atoms with van der Waals surface area (Å²) in [6, 6.07) is 10.6. The maximum atomic E-state index is 14.6. The van der Waals surface area contributed by atoms with Crippen LogP contribution in [0.5, 0.6) is 0 Å². The fourth-order valence-corrected chi connectivity index (χ4v) is 5.73. The van der Waals surface area contributed by atoms with Gasteiger partial charge in [0, 0.05) is 23.3 Å². The number of benzene rings is 2. The van der Waals surface area contributed by atoms with Gasteiger partial charge in [0.1, 0.15) is 17.2 Å². The quantitative estimate of drug-likeness (QED) is 0.621. The number of nitrogens with one attached hydrogen (secondary N) is 2. The molecule has 0 spiro atoms. The van der Waals surface area contributed by atoms with Crippen LogP contribution in [0.4, 0.5) is 18.9 Å². The van der Waals surface area contributed by atoms with Gasteiger partial charge in [-0.3, -0.25) is 14.3 Å². The predicted molar refractivity (Wildman–Crippen MR) is 112 cm³/mol. The summed E-state index contributed by atoms with van der Waals surface area (Å²) >= 11 is 0. The smallest absolute Gasteiger partial charge is 0.275 e. The molecule has 0 saturated heterocycles. The zero-order chi connectivity index (χ0) is 24.0. The van der Waals surface area contributed by atoms with Gasteiger partial charge in [0.2, 0.25) is 0 Å². The van der Waals surface area contributed by atoms with E-state index in [-0.39, 0.29) is 24.1 Å². The molecule has 2 amide bonds. The summed E-state index contributed by atoms with van der Waals surface area (Å²) in [5.41, 5.74) is -1.16. The second kappa shape index (κ2) is 6.47. The summed E-state index contributed by atoms with van der Waals surface area (Å²) in [6.45, 7) is 1.89. The fourth-order valence-electron chi connectivity index (χ4n) is 5.73. The molecule has 3 heterocycles. The minimum absolute atomic E-state index is 0.0891. The number of halogens is 3. The highest BCUT2D eigenvalue weighted by Crippen LogP contribution is 2.91. The Labute approximate surface area is 191 Å². The molecule has 34 heavy (non-hydrogen) atoms. The standard InChI is InChI=1S/C24H16F3N5O2/c1-23-17-14-6-13(25)7-15(26)18(14)29-22(34)24(23,20(17)23)30-21(33)19-16(27)10-32(31-19)9-12-4-2-3-11(5-12)8-28/h2-7,10,17,20H,9H2,1H3,(H,29,34)(H,30,33)/t17-,20+,23+,24-/m0/s1. The van der Waals surface area contributed by atoms with E-state index in [0.717, 1.165) is 6.20 Å². The van der Waals surface area contributed by atoms with Crippen LogP contribution in [0.3, 0.4) is 0 Å². The molecule has 170 valence electrons. The van der Waals surface area contributed by atoms with Crippen molar-refractivity contribution < 1.29 is 22.8 Å². The van der Waals surface area contributed by atoms with E-state index >= 15 is 0 Å². The molecule has 1 aromatic heterocycles. The molecule has 7 nitrogen and oxygen atoms in total. The summed E-state index contributed by atoms with van der Waals surface area (Å²) in [6.07, 6.45) is 1.06. The summed E-state index contributed by atoms with van der Waals surface area (Å²) in [7, 11) is 0. The van der Waals surface area contributed by atoms with Gasteiger partial charge in [-0.1, -0.05) is 19.1 Å². The molecule has 2 aromatic carbocycles. The van der Waals surface area contributed by atoms with Gasteiger partial charge >= 0.3 is 0 Å². The summed E-state index contributed by atoms with van der Waals surface area (Å²) in [5.74, 6) is -4.65. The number of nitrogens with zero attached hydrogens (tertiary/aromatic N) is 3. The van der Waals surface area contributed by atoms with Crippen LogP contribution in [0.15, 0.2) is 42.6 Å². The Balaban J connectivity index is 1.26. The average Bonchev–Trinajstić information content (AvgIpc) is 3.55. The Kier molecular flexibility index (Phi) is 3.90. The molecule has 3 aromatic rings. The molecule has 2 N–H and O–H groups in total. The molecule has 0 radical (unpaired) electrons. The first kappa shape index (κ1) is 20.5. The third kappa shape index (κ3) is 2.49. The highest BCUT2D eigenvalue weighted by molar-refractivity contribution is 6.11. The van der Waals surface area contributed by atoms with Crippen LogP contribution >= 0.6 is 0 Å². The van der Waals surface area contributed by atoms with Gasteiger partial charge in [0.25, 0.3) is 11.8 Å². The SMILES string of the molecule is C[C@]12[C@H]3[C@@H]1c1cc(F)cc(F)c1NC(=O)[C@@]32NC(=O)c1nn(Cc2cccc(C#N)c2)cc1F. The maximum Gasteiger partial charge on any atom is 0.275 e. The highest BCUT2D eigenvalue weighted by Gasteiger charge is 2.97. The monoisotopic (exact) mass is 463 g/mol. The highest BCUT2D eigenvalue weighted by atomic mass is 19.1. The lowest BCUT2D eigenvalue weighted by Crippen LogP contribution is -2.53. The van der Waals surface area contributed by atoms with E-state index < -0.39 is 45.9 Å². The number of anilines is 1. The molecule has 7 rings (SSSR count). The second-order valence-electron chi connectivity index (χ2n) is 9.14. The zero-order valence-corrected chi connectivity index (χ0v) is 17.7. The van der Waals surface area contributed by atoms with Gasteiger partial charge in [-0.2, -0.15) is 10.4 Å². The minimum atomic E-state index is -1.35. The van der Waals surface area contributed by atoms with Crippen LogP contribution in [0, 0.1) is 40.1 Å². The van der Waals surface area contributed by atoms with Gasteiger partial charge in [0.05, 0.1) is 30.1 Å². The molecule has 0 unspecified atom stereocenters. The normalized spacial score (nSPS) is 27.6. The number of nitriles is 1. The van der Waals surface area contributed by atoms with E-state index in [9.17, 15) is 22.8 Å². The Bertz CT molecular complexity index is 1480. The molecular formula is C24H16F3N5O2. The van der Waals surface area contributed by atoms with E-state index in [4.69, 9.17) is 5.26 Å². The van der Waals surface area contributed by atoms with Crippen LogP contribution in [0.25, 0.3) is 0 Å². The number of hydrogen-bond acceptors (Lipinski definition) is 4. The molecule has 2 aliphatic heterocycles. The number of amides is 2. The van der Waals surface area contributed by atoms with E-state index in [2.05, 4.69) is 15.7 Å². The van der Waals surface area contributed by atoms with Crippen molar-refractivity contribution in [2.75, 3.05) is 5.32 Å². The van der Waals surface area contributed by atoms with E-state index in [1.54, 1.807) is 31.2 Å². The van der Waals surface area contributed by atoms with E-state index in [0.29, 0.717) is 22.8 Å². The Morgan fingerprint density at radius 1 is 1.26 bits per heavy atom. The minimum Gasteiger partial charge on any atom is -0.335 e. The number of carbonyl (C=O) groups excluding carboxylic acids is 2. The summed E-state index contributed by atoms with van der Waals surface area (Å²) < 4.78 is 44.0. The first-order valence-electron chi connectivity index (χ1n) is 10.6. The van der Waals surface area contributed by atoms with Gasteiger partial charge in [-0.15, -0.1) is 0 Å². The van der Waals surface area contributed by atoms with Crippen molar-refractivity contribution in [3.05, 3.63) is 82.4 Å². The van der Waals surface area contributed by atoms with Crippen molar-refractivity contribution in [3.63, 3.8) is 0 Å². The third-order valence-electron chi connectivity index (χ3n) is 7.41. The molecule has 4 atom stereocenters. The first-order chi connectivity index (χ1) is 16.2. The van der Waals surface area contributed by atoms with Crippen molar-refractivity contribution in [3.8, 4) is 6.07 Å². The average molecular weight is 463 g/mol. The third-order valence-corrected chi connectivity index (χ3v) is 7.41. The molecule has 10 heteroatoms. The van der Waals surface area contributed by atoms with Crippen molar-refractivity contribution >= 4 is 17.5 Å². The molecule has 4 aliphatic rings. The Morgan fingerprint density at radius 3 is 2.76 bits per heavy atom. The lowest BCUT2D eigenvalue weighted by atomic mass is 9.86. The van der Waals surface area contributed by atoms with Crippen molar-refractivity contribution in [2.45, 2.75) is 24.9 Å². The van der Waals surface area contributed by atoms with Crippen LogP contribution in [0.1, 0.15) is 40.0 Å². The Hall–Kier alpha value is -4.13. The largest absolute Gasteiger partial charge is 0.335 e. The number of fused-ring (bicyclic) bond motifs is 1. The first-order valence-corrected chi connectivity index (χ1v) is 10.6. The topological polar surface area (TPSA) is 99.8 Å². The predicted octanol–water partition coefficient (Wildman–Crippen LogP) is 3.07. The van der Waals surface area contributed by atoms with Crippen molar-refractivity contribution in [1.82, 2.24) is 15.1 Å². The lowest BCUT2D eigenvalue weighted by molar-refractivity contribution is -0.121. The number of aromatic nitrogens is 2. The van der Waals surface area contributed by atoms with Crippen LogP contribution in [-0.4, -0.2) is 27.1 Å². The van der Waals surface area contributed by atoms with Crippen molar-refractivity contribution in [2.24, 2.45) is 11.3 Å². The molecule has 2 bridgehead atoms. The van der Waals surface area contributed by atoms with Crippen LogP contribution < -0.4 is 10.6 Å².